The molecule has 0 aliphatic heterocycles. The number of hydrogen-bond acceptors (Lipinski definition) is 5. The van der Waals surface area contributed by atoms with Gasteiger partial charge in [-0.2, -0.15) is 18.3 Å². The molecular weight excluding hydrogens is 483 g/mol. The zero-order valence-electron chi connectivity index (χ0n) is 17.4. The number of rotatable bonds is 6. The van der Waals surface area contributed by atoms with Crippen LogP contribution in [0, 0.1) is 11.6 Å². The van der Waals surface area contributed by atoms with Crippen molar-refractivity contribution in [1.29, 1.82) is 0 Å². The van der Waals surface area contributed by atoms with Gasteiger partial charge in [0.15, 0.2) is 5.69 Å². The summed E-state index contributed by atoms with van der Waals surface area (Å²) in [5.74, 6) is -4.84. The number of aliphatic carboxylic acids is 1. The second kappa shape index (κ2) is 11.4. The fraction of sp³-hybridized carbons (Fsp3) is 0.100. The largest absolute Gasteiger partial charge is 0.490 e. The van der Waals surface area contributed by atoms with Crippen LogP contribution in [0.15, 0.2) is 48.7 Å². The summed E-state index contributed by atoms with van der Waals surface area (Å²) < 4.78 is 58.5. The summed E-state index contributed by atoms with van der Waals surface area (Å²) in [6.07, 6.45) is -3.58. The summed E-state index contributed by atoms with van der Waals surface area (Å²) in [6, 6.07) is 8.87. The van der Waals surface area contributed by atoms with Gasteiger partial charge in [0.25, 0.3) is 5.91 Å². The van der Waals surface area contributed by atoms with Gasteiger partial charge in [-0.15, -0.1) is 0 Å². The molecule has 3 rings (SSSR count). The van der Waals surface area contributed by atoms with Gasteiger partial charge in [0.05, 0.1) is 11.4 Å². The van der Waals surface area contributed by atoms with Crippen molar-refractivity contribution >= 4 is 35.0 Å². The maximum atomic E-state index is 13.6. The zero-order chi connectivity index (χ0) is 26.2. The first-order valence-electron chi connectivity index (χ1n) is 9.36. The van der Waals surface area contributed by atoms with Crippen LogP contribution in [0.2, 0.25) is 0 Å². The van der Waals surface area contributed by atoms with E-state index in [1.54, 1.807) is 24.3 Å². The Morgan fingerprint density at radius 1 is 1.03 bits per heavy atom. The van der Waals surface area contributed by atoms with Gasteiger partial charge >= 0.3 is 18.2 Å². The Hall–Kier alpha value is -4.69. The van der Waals surface area contributed by atoms with Gasteiger partial charge in [0, 0.05) is 24.5 Å². The lowest BCUT2D eigenvalue weighted by Gasteiger charge is -2.10. The number of aromatic nitrogens is 2. The molecule has 3 amide bonds. The molecule has 3 aromatic rings. The van der Waals surface area contributed by atoms with E-state index in [1.165, 1.54) is 6.20 Å². The fourth-order valence-corrected chi connectivity index (χ4v) is 2.45. The van der Waals surface area contributed by atoms with Crippen molar-refractivity contribution in [3.05, 3.63) is 71.6 Å². The number of nitrogens with two attached hydrogens (primary N) is 1. The highest BCUT2D eigenvalue weighted by Crippen LogP contribution is 2.18. The monoisotopic (exact) mass is 500 g/mol. The van der Waals surface area contributed by atoms with Crippen molar-refractivity contribution in [1.82, 2.24) is 10.2 Å². The average Bonchev–Trinajstić information content (AvgIpc) is 3.24. The van der Waals surface area contributed by atoms with E-state index >= 15 is 0 Å². The van der Waals surface area contributed by atoms with E-state index in [0.717, 1.165) is 23.8 Å². The second-order valence-corrected chi connectivity index (χ2v) is 6.57. The summed E-state index contributed by atoms with van der Waals surface area (Å²) >= 11 is 0. The van der Waals surface area contributed by atoms with Crippen LogP contribution in [-0.2, 0) is 11.3 Å². The van der Waals surface area contributed by atoms with E-state index in [4.69, 9.17) is 15.6 Å². The summed E-state index contributed by atoms with van der Waals surface area (Å²) in [5, 5.41) is 21.2. The fourth-order valence-electron chi connectivity index (χ4n) is 2.45. The first-order valence-corrected chi connectivity index (χ1v) is 9.36. The van der Waals surface area contributed by atoms with Crippen molar-refractivity contribution in [2.75, 3.05) is 16.0 Å². The van der Waals surface area contributed by atoms with E-state index < -0.39 is 35.7 Å². The summed E-state index contributed by atoms with van der Waals surface area (Å²) in [6.45, 7) is 0.329. The van der Waals surface area contributed by atoms with Crippen LogP contribution >= 0.6 is 0 Å². The highest BCUT2D eigenvalue weighted by Gasteiger charge is 2.38. The van der Waals surface area contributed by atoms with Crippen LogP contribution < -0.4 is 21.7 Å². The number of carbonyl (C=O) groups is 3. The van der Waals surface area contributed by atoms with Crippen LogP contribution in [-0.4, -0.2) is 39.4 Å². The Labute approximate surface area is 193 Å². The SMILES string of the molecule is NC(=O)c1n[nH]cc1NCc1cccc(NC(=O)Nc2cc(F)ccc2F)c1.O=C(O)C(F)(F)F. The molecule has 0 saturated carbocycles. The molecule has 0 spiro atoms. The van der Waals surface area contributed by atoms with Crippen molar-refractivity contribution < 1.29 is 41.4 Å². The van der Waals surface area contributed by atoms with Crippen LogP contribution in [0.3, 0.4) is 0 Å². The number of carboxylic acid groups (broad SMARTS) is 1. The first kappa shape index (κ1) is 26.6. The molecule has 0 radical (unpaired) electrons. The van der Waals surface area contributed by atoms with Gasteiger partial charge in [-0.25, -0.2) is 18.4 Å². The average molecular weight is 500 g/mol. The molecule has 0 saturated heterocycles. The molecule has 35 heavy (non-hydrogen) atoms. The third-order valence-electron chi connectivity index (χ3n) is 3.96. The van der Waals surface area contributed by atoms with Crippen molar-refractivity contribution in [2.45, 2.75) is 12.7 Å². The van der Waals surface area contributed by atoms with E-state index in [-0.39, 0.29) is 11.4 Å². The minimum Gasteiger partial charge on any atom is -0.475 e. The number of alkyl halides is 3. The van der Waals surface area contributed by atoms with E-state index in [9.17, 15) is 31.5 Å². The minimum absolute atomic E-state index is 0.0887. The lowest BCUT2D eigenvalue weighted by atomic mass is 10.2. The minimum atomic E-state index is -5.08. The number of hydrogen-bond donors (Lipinski definition) is 6. The lowest BCUT2D eigenvalue weighted by Crippen LogP contribution is -2.21. The van der Waals surface area contributed by atoms with Crippen LogP contribution in [0.4, 0.5) is 43.8 Å². The molecule has 1 heterocycles. The first-order chi connectivity index (χ1) is 16.4. The third kappa shape index (κ3) is 8.30. The number of primary amides is 1. The zero-order valence-corrected chi connectivity index (χ0v) is 17.4. The van der Waals surface area contributed by atoms with Gasteiger partial charge in [0.1, 0.15) is 11.6 Å². The van der Waals surface area contributed by atoms with Crippen molar-refractivity contribution in [2.24, 2.45) is 5.73 Å². The number of H-pyrrole nitrogens is 1. The quantitative estimate of drug-likeness (QED) is 0.283. The molecule has 0 bridgehead atoms. The molecule has 0 atom stereocenters. The molecule has 0 aliphatic carbocycles. The number of urea groups is 1. The summed E-state index contributed by atoms with van der Waals surface area (Å²) in [5.41, 5.74) is 6.72. The maximum Gasteiger partial charge on any atom is 0.490 e. The molecule has 2 aromatic carbocycles. The Bertz CT molecular complexity index is 1210. The number of benzene rings is 2. The highest BCUT2D eigenvalue weighted by molar-refractivity contribution is 6.00. The van der Waals surface area contributed by atoms with Crippen molar-refractivity contribution in [3.8, 4) is 0 Å². The highest BCUT2D eigenvalue weighted by atomic mass is 19.4. The van der Waals surface area contributed by atoms with E-state index in [2.05, 4.69) is 26.1 Å². The number of anilines is 3. The number of nitrogens with one attached hydrogen (secondary N) is 4. The smallest absolute Gasteiger partial charge is 0.475 e. The van der Waals surface area contributed by atoms with Gasteiger partial charge in [0.2, 0.25) is 0 Å². The van der Waals surface area contributed by atoms with Crippen LogP contribution in [0.25, 0.3) is 0 Å². The van der Waals surface area contributed by atoms with Crippen LogP contribution in [0.5, 0.6) is 0 Å². The number of halogens is 5. The predicted molar refractivity (Wildman–Crippen MR) is 114 cm³/mol. The number of aromatic amines is 1. The Kier molecular flexibility index (Phi) is 8.68. The molecule has 1 aromatic heterocycles. The number of nitrogens with zero attached hydrogens (tertiary/aromatic N) is 1. The predicted octanol–water partition coefficient (Wildman–Crippen LogP) is 3.68. The summed E-state index contributed by atoms with van der Waals surface area (Å²) in [4.78, 5) is 32.2. The van der Waals surface area contributed by atoms with Gasteiger partial charge in [-0.1, -0.05) is 12.1 Å². The van der Waals surface area contributed by atoms with E-state index in [0.29, 0.717) is 17.9 Å². The molecular formula is C20H17F5N6O4. The normalized spacial score (nSPS) is 10.5. The topological polar surface area (TPSA) is 162 Å². The molecule has 0 unspecified atom stereocenters. The molecule has 10 nitrogen and oxygen atoms in total. The maximum absolute atomic E-state index is 13.6. The van der Waals surface area contributed by atoms with Crippen LogP contribution in [0.1, 0.15) is 16.1 Å². The molecule has 0 fully saturated rings. The number of carboxylic acids is 1. The molecule has 0 aliphatic rings. The molecule has 186 valence electrons. The molecule has 15 heteroatoms. The van der Waals surface area contributed by atoms with Gasteiger partial charge in [-0.05, 0) is 29.8 Å². The molecule has 7 N–H and O–H groups in total. The summed E-state index contributed by atoms with van der Waals surface area (Å²) in [7, 11) is 0. The second-order valence-electron chi connectivity index (χ2n) is 6.57. The Morgan fingerprint density at radius 3 is 2.34 bits per heavy atom. The van der Waals surface area contributed by atoms with Gasteiger partial charge < -0.3 is 26.8 Å². The standard InChI is InChI=1S/C18H16F2N6O2.C2HF3O2/c19-11-4-5-13(20)14(7-11)25-18(28)24-12-3-1-2-10(6-12)8-22-15-9-23-26-16(15)17(21)27;3-2(4,5)1(6)7/h1-7,9,22H,8H2,(H2,21,27)(H,23,26)(H2,24,25,28);(H,6,7). The third-order valence-corrected chi connectivity index (χ3v) is 3.96. The lowest BCUT2D eigenvalue weighted by molar-refractivity contribution is -0.192. The van der Waals surface area contributed by atoms with Crippen molar-refractivity contribution in [3.63, 3.8) is 0 Å². The van der Waals surface area contributed by atoms with Gasteiger partial charge in [-0.3, -0.25) is 9.89 Å². The number of carbonyl (C=O) groups excluding carboxylic acids is 2. The Morgan fingerprint density at radius 2 is 1.71 bits per heavy atom. The van der Waals surface area contributed by atoms with E-state index in [1.807, 2.05) is 0 Å². The number of amides is 3. The Balaban J connectivity index is 0.000000540.